The van der Waals surface area contributed by atoms with Crippen molar-refractivity contribution < 1.29 is 13.5 Å². The summed E-state index contributed by atoms with van der Waals surface area (Å²) in [5, 5.41) is 6.88. The molecule has 0 bridgehead atoms. The number of anilines is 1. The Kier molecular flexibility index (Phi) is 6.49. The van der Waals surface area contributed by atoms with Crippen LogP contribution >= 0.6 is 12.2 Å². The van der Waals surface area contributed by atoms with Gasteiger partial charge in [-0.2, -0.15) is 8.78 Å². The molecule has 128 valence electrons. The second-order valence-electron chi connectivity index (χ2n) is 5.40. The summed E-state index contributed by atoms with van der Waals surface area (Å²) in [7, 11) is 0. The standard InChI is InChI=1S/C18H20F2N2OS/c1-12-4-3-5-16(13(12)2)22-18(24)21-11-10-14-6-8-15(9-7-14)23-17(19)20/h3-9,17H,10-11H2,1-2H3,(H2,21,22,24). The van der Waals surface area contributed by atoms with Crippen molar-refractivity contribution in [2.75, 3.05) is 11.9 Å². The van der Waals surface area contributed by atoms with Crippen LogP contribution in [-0.2, 0) is 6.42 Å². The first-order chi connectivity index (χ1) is 11.5. The molecule has 24 heavy (non-hydrogen) atoms. The van der Waals surface area contributed by atoms with Crippen LogP contribution in [0, 0.1) is 13.8 Å². The maximum absolute atomic E-state index is 12.1. The monoisotopic (exact) mass is 350 g/mol. The molecule has 0 spiro atoms. The van der Waals surface area contributed by atoms with Gasteiger partial charge in [-0.25, -0.2) is 0 Å². The Labute approximate surface area is 146 Å². The number of aryl methyl sites for hydroxylation is 1. The third kappa shape index (κ3) is 5.45. The molecule has 0 amide bonds. The molecule has 6 heteroatoms. The molecule has 2 aromatic rings. The zero-order chi connectivity index (χ0) is 17.5. The van der Waals surface area contributed by atoms with E-state index >= 15 is 0 Å². The Bertz CT molecular complexity index is 690. The molecule has 0 saturated carbocycles. The maximum atomic E-state index is 12.1. The van der Waals surface area contributed by atoms with Gasteiger partial charge in [-0.3, -0.25) is 0 Å². The van der Waals surface area contributed by atoms with E-state index in [9.17, 15) is 8.78 Å². The fourth-order valence-corrected chi connectivity index (χ4v) is 2.42. The van der Waals surface area contributed by atoms with E-state index in [2.05, 4.69) is 28.4 Å². The summed E-state index contributed by atoms with van der Waals surface area (Å²) in [5.74, 6) is 0.161. The number of hydrogen-bond donors (Lipinski definition) is 2. The van der Waals surface area contributed by atoms with Gasteiger partial charge in [-0.1, -0.05) is 24.3 Å². The third-order valence-electron chi connectivity index (χ3n) is 3.70. The lowest BCUT2D eigenvalue weighted by atomic mass is 10.1. The molecule has 2 N–H and O–H groups in total. The summed E-state index contributed by atoms with van der Waals surface area (Å²) in [4.78, 5) is 0. The number of nitrogens with one attached hydrogen (secondary N) is 2. The van der Waals surface area contributed by atoms with Crippen LogP contribution in [0.3, 0.4) is 0 Å². The number of halogens is 2. The smallest absolute Gasteiger partial charge is 0.387 e. The molecule has 0 aliphatic carbocycles. The summed E-state index contributed by atoms with van der Waals surface area (Å²) < 4.78 is 28.5. The Hall–Kier alpha value is -2.21. The molecule has 0 aromatic heterocycles. The summed E-state index contributed by atoms with van der Waals surface area (Å²) >= 11 is 5.30. The fraction of sp³-hybridized carbons (Fsp3) is 0.278. The lowest BCUT2D eigenvalue weighted by Crippen LogP contribution is -2.30. The van der Waals surface area contributed by atoms with Crippen molar-refractivity contribution in [3.05, 3.63) is 59.2 Å². The SMILES string of the molecule is Cc1cccc(NC(=S)NCCc2ccc(OC(F)F)cc2)c1C. The molecule has 2 aromatic carbocycles. The summed E-state index contributed by atoms with van der Waals surface area (Å²) in [6.07, 6.45) is 0.726. The van der Waals surface area contributed by atoms with Gasteiger partial charge in [0.2, 0.25) is 0 Å². The minimum atomic E-state index is -2.80. The topological polar surface area (TPSA) is 33.3 Å². The average molecular weight is 350 g/mol. The second kappa shape index (κ2) is 8.59. The predicted molar refractivity (Wildman–Crippen MR) is 96.9 cm³/mol. The van der Waals surface area contributed by atoms with E-state index in [0.717, 1.165) is 23.2 Å². The molecule has 0 unspecified atom stereocenters. The molecular weight excluding hydrogens is 330 g/mol. The largest absolute Gasteiger partial charge is 0.435 e. The average Bonchev–Trinajstić information content (AvgIpc) is 2.53. The van der Waals surface area contributed by atoms with Gasteiger partial charge >= 0.3 is 6.61 Å². The van der Waals surface area contributed by atoms with Gasteiger partial charge in [0.15, 0.2) is 5.11 Å². The maximum Gasteiger partial charge on any atom is 0.387 e. The summed E-state index contributed by atoms with van der Waals surface area (Å²) in [5.41, 5.74) is 4.37. The highest BCUT2D eigenvalue weighted by Crippen LogP contribution is 2.18. The fourth-order valence-electron chi connectivity index (χ4n) is 2.21. The van der Waals surface area contributed by atoms with Gasteiger partial charge in [-0.15, -0.1) is 0 Å². The number of thiocarbonyl (C=S) groups is 1. The Morgan fingerprint density at radius 1 is 1.12 bits per heavy atom. The molecule has 0 aliphatic rings. The van der Waals surface area contributed by atoms with Crippen molar-refractivity contribution in [2.24, 2.45) is 0 Å². The number of ether oxygens (including phenoxy) is 1. The van der Waals surface area contributed by atoms with Crippen LogP contribution in [0.1, 0.15) is 16.7 Å². The van der Waals surface area contributed by atoms with Crippen LogP contribution in [0.5, 0.6) is 5.75 Å². The normalized spacial score (nSPS) is 10.5. The molecule has 0 atom stereocenters. The Morgan fingerprint density at radius 3 is 2.50 bits per heavy atom. The number of rotatable bonds is 6. The van der Waals surface area contributed by atoms with E-state index in [-0.39, 0.29) is 5.75 Å². The minimum absolute atomic E-state index is 0.161. The van der Waals surface area contributed by atoms with Crippen LogP contribution in [0.4, 0.5) is 14.5 Å². The van der Waals surface area contributed by atoms with Gasteiger partial charge in [0.1, 0.15) is 5.75 Å². The van der Waals surface area contributed by atoms with E-state index in [4.69, 9.17) is 12.2 Å². The van der Waals surface area contributed by atoms with Crippen molar-refractivity contribution in [1.29, 1.82) is 0 Å². The first-order valence-electron chi connectivity index (χ1n) is 7.60. The Morgan fingerprint density at radius 2 is 1.83 bits per heavy atom. The highest BCUT2D eigenvalue weighted by Gasteiger charge is 2.05. The zero-order valence-corrected chi connectivity index (χ0v) is 14.4. The number of hydrogen-bond acceptors (Lipinski definition) is 2. The van der Waals surface area contributed by atoms with Gasteiger partial charge in [0.25, 0.3) is 0 Å². The van der Waals surface area contributed by atoms with Crippen LogP contribution in [0.25, 0.3) is 0 Å². The molecule has 0 fully saturated rings. The van der Waals surface area contributed by atoms with E-state index < -0.39 is 6.61 Å². The van der Waals surface area contributed by atoms with E-state index in [1.165, 1.54) is 17.7 Å². The molecular formula is C18H20F2N2OS. The summed E-state index contributed by atoms with van der Waals surface area (Å²) in [6, 6.07) is 12.6. The van der Waals surface area contributed by atoms with Crippen molar-refractivity contribution in [1.82, 2.24) is 5.32 Å². The third-order valence-corrected chi connectivity index (χ3v) is 3.95. The quantitative estimate of drug-likeness (QED) is 0.755. The van der Waals surface area contributed by atoms with Crippen molar-refractivity contribution >= 4 is 23.0 Å². The van der Waals surface area contributed by atoms with Gasteiger partial charge < -0.3 is 15.4 Å². The number of benzene rings is 2. The zero-order valence-electron chi connectivity index (χ0n) is 13.6. The minimum Gasteiger partial charge on any atom is -0.435 e. The van der Waals surface area contributed by atoms with Gasteiger partial charge in [0, 0.05) is 12.2 Å². The summed E-state index contributed by atoms with van der Waals surface area (Å²) in [6.45, 7) is 1.94. The second-order valence-corrected chi connectivity index (χ2v) is 5.81. The molecule has 0 aliphatic heterocycles. The van der Waals surface area contributed by atoms with Crippen LogP contribution in [0.2, 0.25) is 0 Å². The van der Waals surface area contributed by atoms with Crippen molar-refractivity contribution in [3.8, 4) is 5.75 Å². The lowest BCUT2D eigenvalue weighted by Gasteiger charge is -2.14. The van der Waals surface area contributed by atoms with Crippen LogP contribution in [0.15, 0.2) is 42.5 Å². The molecule has 3 nitrogen and oxygen atoms in total. The van der Waals surface area contributed by atoms with Crippen molar-refractivity contribution in [2.45, 2.75) is 26.9 Å². The molecule has 0 radical (unpaired) electrons. The molecule has 0 heterocycles. The first-order valence-corrected chi connectivity index (χ1v) is 8.01. The van der Waals surface area contributed by atoms with Gasteiger partial charge in [-0.05, 0) is 67.4 Å². The first kappa shape index (κ1) is 18.1. The van der Waals surface area contributed by atoms with E-state index in [0.29, 0.717) is 11.7 Å². The molecule has 2 rings (SSSR count). The van der Waals surface area contributed by atoms with E-state index in [1.807, 2.05) is 19.1 Å². The van der Waals surface area contributed by atoms with E-state index in [1.54, 1.807) is 12.1 Å². The highest BCUT2D eigenvalue weighted by molar-refractivity contribution is 7.80. The van der Waals surface area contributed by atoms with Crippen molar-refractivity contribution in [3.63, 3.8) is 0 Å². The van der Waals surface area contributed by atoms with Crippen LogP contribution < -0.4 is 15.4 Å². The lowest BCUT2D eigenvalue weighted by molar-refractivity contribution is -0.0498. The predicted octanol–water partition coefficient (Wildman–Crippen LogP) is 4.43. The highest BCUT2D eigenvalue weighted by atomic mass is 32.1. The van der Waals surface area contributed by atoms with Gasteiger partial charge in [0.05, 0.1) is 0 Å². The molecule has 0 saturated heterocycles. The number of alkyl halides is 2. The Balaban J connectivity index is 1.79. The van der Waals surface area contributed by atoms with Crippen LogP contribution in [-0.4, -0.2) is 18.3 Å².